The Morgan fingerprint density at radius 3 is 2.62 bits per heavy atom. The molecular weight excluding hydrogens is 397 g/mol. The molecule has 2 aromatic rings. The fourth-order valence-electron chi connectivity index (χ4n) is 3.48. The number of nitrogens with zero attached hydrogens (tertiary/aromatic N) is 2. The summed E-state index contributed by atoms with van der Waals surface area (Å²) in [5, 5.41) is 2.47. The molecule has 29 heavy (non-hydrogen) atoms. The average molecular weight is 419 g/mol. The van der Waals surface area contributed by atoms with Gasteiger partial charge < -0.3 is 10.2 Å². The number of nitrogens with one attached hydrogen (secondary N) is 1. The van der Waals surface area contributed by atoms with E-state index in [1.54, 1.807) is 17.0 Å². The Kier molecular flexibility index (Phi) is 5.72. The maximum Gasteiger partial charge on any atom is 0.243 e. The molecule has 3 rings (SSSR count). The molecule has 1 aliphatic rings. The lowest BCUT2D eigenvalue weighted by Gasteiger charge is -2.21. The first-order chi connectivity index (χ1) is 13.6. The molecule has 0 spiro atoms. The summed E-state index contributed by atoms with van der Waals surface area (Å²) in [6, 6.07) is 9.90. The van der Waals surface area contributed by atoms with E-state index < -0.39 is 28.3 Å². The van der Waals surface area contributed by atoms with Crippen LogP contribution in [0.3, 0.4) is 0 Å². The first kappa shape index (κ1) is 20.9. The van der Waals surface area contributed by atoms with Gasteiger partial charge in [0, 0.05) is 31.4 Å². The Hall–Kier alpha value is -2.78. The van der Waals surface area contributed by atoms with Gasteiger partial charge in [-0.25, -0.2) is 12.8 Å². The van der Waals surface area contributed by atoms with E-state index in [4.69, 9.17) is 0 Å². The van der Waals surface area contributed by atoms with Crippen LogP contribution in [0, 0.1) is 5.82 Å². The zero-order chi connectivity index (χ0) is 21.3. The van der Waals surface area contributed by atoms with Crippen molar-refractivity contribution < 1.29 is 22.4 Å². The summed E-state index contributed by atoms with van der Waals surface area (Å²) in [4.78, 5) is 25.7. The van der Waals surface area contributed by atoms with Gasteiger partial charge in [0.2, 0.25) is 21.8 Å². The van der Waals surface area contributed by atoms with Crippen molar-refractivity contribution in [3.05, 3.63) is 53.8 Å². The van der Waals surface area contributed by atoms with E-state index in [-0.39, 0.29) is 22.5 Å². The number of benzene rings is 2. The highest BCUT2D eigenvalue weighted by atomic mass is 32.2. The van der Waals surface area contributed by atoms with Crippen LogP contribution in [0.15, 0.2) is 47.4 Å². The highest BCUT2D eigenvalue weighted by Gasteiger charge is 2.31. The number of carbonyl (C=O) groups is 2. The van der Waals surface area contributed by atoms with Crippen LogP contribution in [-0.2, 0) is 26.0 Å². The number of rotatable bonds is 5. The minimum absolute atomic E-state index is 0.0461. The Balaban J connectivity index is 1.76. The van der Waals surface area contributed by atoms with Crippen LogP contribution in [0.2, 0.25) is 0 Å². The lowest BCUT2D eigenvalue weighted by Crippen LogP contribution is -2.35. The zero-order valence-corrected chi connectivity index (χ0v) is 17.2. The maximum atomic E-state index is 13.2. The Morgan fingerprint density at radius 2 is 1.97 bits per heavy atom. The number of sulfonamides is 1. The van der Waals surface area contributed by atoms with E-state index in [1.807, 2.05) is 6.92 Å². The van der Waals surface area contributed by atoms with E-state index in [0.29, 0.717) is 12.1 Å². The average Bonchev–Trinajstić information content (AvgIpc) is 2.96. The Bertz CT molecular complexity index is 1070. The Morgan fingerprint density at radius 1 is 1.24 bits per heavy atom. The molecule has 0 saturated carbocycles. The van der Waals surface area contributed by atoms with Gasteiger partial charge in [-0.1, -0.05) is 6.07 Å². The van der Waals surface area contributed by atoms with Crippen molar-refractivity contribution in [3.63, 3.8) is 0 Å². The van der Waals surface area contributed by atoms with Crippen molar-refractivity contribution in [1.29, 1.82) is 0 Å². The van der Waals surface area contributed by atoms with Gasteiger partial charge in [0.05, 0.1) is 11.4 Å². The standard InChI is InChI=1S/C20H22FN3O4S/c1-13-9-15-10-18(7-8-19(15)24(13)14(2)25)29(27,28)23(3)12-20(26)22-17-6-4-5-16(21)11-17/h4-8,10-11,13H,9,12H2,1-3H3,(H,22,26)/t13-/m0/s1. The monoisotopic (exact) mass is 419 g/mol. The summed E-state index contributed by atoms with van der Waals surface area (Å²) < 4.78 is 39.9. The SMILES string of the molecule is CC(=O)N1c2ccc(S(=O)(=O)N(C)CC(=O)Nc3cccc(F)c3)cc2C[C@@H]1C. The zero-order valence-electron chi connectivity index (χ0n) is 16.3. The lowest BCUT2D eigenvalue weighted by atomic mass is 10.1. The van der Waals surface area contributed by atoms with Crippen molar-refractivity contribution in [2.45, 2.75) is 31.2 Å². The van der Waals surface area contributed by atoms with E-state index in [1.165, 1.54) is 38.2 Å². The van der Waals surface area contributed by atoms with Gasteiger partial charge in [0.25, 0.3) is 0 Å². The van der Waals surface area contributed by atoms with Crippen LogP contribution in [-0.4, -0.2) is 44.2 Å². The van der Waals surface area contributed by atoms with E-state index in [2.05, 4.69) is 5.32 Å². The van der Waals surface area contributed by atoms with E-state index >= 15 is 0 Å². The van der Waals surface area contributed by atoms with Gasteiger partial charge in [-0.05, 0) is 55.3 Å². The van der Waals surface area contributed by atoms with Crippen LogP contribution in [0.1, 0.15) is 19.4 Å². The van der Waals surface area contributed by atoms with Crippen molar-refractivity contribution in [3.8, 4) is 0 Å². The number of anilines is 2. The molecule has 0 bridgehead atoms. The first-order valence-corrected chi connectivity index (χ1v) is 10.5. The number of amides is 2. The summed E-state index contributed by atoms with van der Waals surface area (Å²) >= 11 is 0. The van der Waals surface area contributed by atoms with E-state index in [9.17, 15) is 22.4 Å². The molecule has 2 aromatic carbocycles. The summed E-state index contributed by atoms with van der Waals surface area (Å²) in [6.45, 7) is 2.95. The fraction of sp³-hybridized carbons (Fsp3) is 0.300. The molecule has 2 amide bonds. The molecule has 1 N–H and O–H groups in total. The summed E-state index contributed by atoms with van der Waals surface area (Å²) in [6.07, 6.45) is 0.558. The normalized spacial score (nSPS) is 16.0. The minimum atomic E-state index is -3.92. The number of hydrogen-bond acceptors (Lipinski definition) is 4. The van der Waals surface area contributed by atoms with Crippen LogP contribution < -0.4 is 10.2 Å². The van der Waals surface area contributed by atoms with Gasteiger partial charge in [0.1, 0.15) is 5.82 Å². The second-order valence-electron chi connectivity index (χ2n) is 7.05. The third kappa shape index (κ3) is 4.30. The molecule has 0 aliphatic carbocycles. The maximum absolute atomic E-state index is 13.2. The highest BCUT2D eigenvalue weighted by molar-refractivity contribution is 7.89. The smallest absolute Gasteiger partial charge is 0.243 e. The lowest BCUT2D eigenvalue weighted by molar-refractivity contribution is -0.117. The van der Waals surface area contributed by atoms with Gasteiger partial charge >= 0.3 is 0 Å². The van der Waals surface area contributed by atoms with Gasteiger partial charge in [-0.2, -0.15) is 4.31 Å². The van der Waals surface area contributed by atoms with Gasteiger partial charge in [-0.15, -0.1) is 0 Å². The molecule has 7 nitrogen and oxygen atoms in total. The van der Waals surface area contributed by atoms with Crippen molar-refractivity contribution in [2.24, 2.45) is 0 Å². The summed E-state index contributed by atoms with van der Waals surface area (Å²) in [7, 11) is -2.61. The number of hydrogen-bond donors (Lipinski definition) is 1. The molecule has 1 heterocycles. The second kappa shape index (κ2) is 7.92. The number of fused-ring (bicyclic) bond motifs is 1. The van der Waals surface area contributed by atoms with Crippen LogP contribution in [0.4, 0.5) is 15.8 Å². The van der Waals surface area contributed by atoms with E-state index in [0.717, 1.165) is 15.9 Å². The summed E-state index contributed by atoms with van der Waals surface area (Å²) in [5.41, 5.74) is 1.72. The molecular formula is C20H22FN3O4S. The van der Waals surface area contributed by atoms with Gasteiger partial charge in [0.15, 0.2) is 0 Å². The van der Waals surface area contributed by atoms with Gasteiger partial charge in [-0.3, -0.25) is 9.59 Å². The van der Waals surface area contributed by atoms with Crippen LogP contribution >= 0.6 is 0 Å². The quantitative estimate of drug-likeness (QED) is 0.806. The molecule has 0 saturated heterocycles. The molecule has 0 radical (unpaired) electrons. The largest absolute Gasteiger partial charge is 0.325 e. The predicted octanol–water partition coefficient (Wildman–Crippen LogP) is 2.38. The molecule has 154 valence electrons. The van der Waals surface area contributed by atoms with Crippen molar-refractivity contribution >= 4 is 33.2 Å². The molecule has 0 unspecified atom stereocenters. The van der Waals surface area contributed by atoms with Crippen molar-refractivity contribution in [1.82, 2.24) is 4.31 Å². The Labute approximate surface area is 169 Å². The molecule has 1 aliphatic heterocycles. The third-order valence-electron chi connectivity index (χ3n) is 4.79. The van der Waals surface area contributed by atoms with Crippen LogP contribution in [0.5, 0.6) is 0 Å². The first-order valence-electron chi connectivity index (χ1n) is 9.04. The summed E-state index contributed by atoms with van der Waals surface area (Å²) in [5.74, 6) is -1.19. The predicted molar refractivity (Wildman–Crippen MR) is 108 cm³/mol. The minimum Gasteiger partial charge on any atom is -0.325 e. The second-order valence-corrected chi connectivity index (χ2v) is 9.10. The molecule has 9 heteroatoms. The number of halogens is 1. The highest BCUT2D eigenvalue weighted by Crippen LogP contribution is 2.34. The topological polar surface area (TPSA) is 86.8 Å². The molecule has 0 aromatic heterocycles. The fourth-order valence-corrected chi connectivity index (χ4v) is 4.66. The van der Waals surface area contributed by atoms with Crippen LogP contribution in [0.25, 0.3) is 0 Å². The van der Waals surface area contributed by atoms with Crippen molar-refractivity contribution in [2.75, 3.05) is 23.8 Å². The number of likely N-dealkylation sites (N-methyl/N-ethyl adjacent to an activating group) is 1. The number of carbonyl (C=O) groups excluding carboxylic acids is 2. The molecule has 1 atom stereocenters. The molecule has 0 fully saturated rings. The third-order valence-corrected chi connectivity index (χ3v) is 6.59.